The number of allylic oxidation sites excluding steroid dienone is 1. The Bertz CT molecular complexity index is 832. The highest BCUT2D eigenvalue weighted by Gasteiger charge is 2.39. The molecule has 2 rings (SSSR count). The highest BCUT2D eigenvalue weighted by Crippen LogP contribution is 2.38. The van der Waals surface area contributed by atoms with E-state index in [1.165, 1.54) is 36.4 Å². The Morgan fingerprint density at radius 3 is 2.20 bits per heavy atom. The molecule has 1 N–H and O–H groups in total. The van der Waals surface area contributed by atoms with E-state index in [0.29, 0.717) is 19.0 Å². The number of aromatic carboxylic acids is 1. The molecule has 0 heterocycles. The molecule has 132 valence electrons. The van der Waals surface area contributed by atoms with E-state index in [4.69, 9.17) is 5.11 Å². The van der Waals surface area contributed by atoms with Crippen molar-refractivity contribution >= 4 is 59.8 Å². The molecule has 0 aromatic heterocycles. The van der Waals surface area contributed by atoms with Crippen molar-refractivity contribution in [2.75, 3.05) is 0 Å². The largest absolute Gasteiger partial charge is 0.478 e. The molecule has 0 fully saturated rings. The minimum absolute atomic E-state index is 0.0429. The van der Waals surface area contributed by atoms with Crippen LogP contribution in [0, 0.1) is 0 Å². The number of carboxylic acid groups (broad SMARTS) is 1. The van der Waals surface area contributed by atoms with Gasteiger partial charge in [-0.15, -0.1) is 0 Å². The summed E-state index contributed by atoms with van der Waals surface area (Å²) in [5.74, 6) is -2.90. The molecule has 2 aromatic rings. The molecule has 2 aromatic carbocycles. The summed E-state index contributed by atoms with van der Waals surface area (Å²) in [4.78, 5) is 11.0. The summed E-state index contributed by atoms with van der Waals surface area (Å²) in [5.41, 5.74) is 0.601. The molecule has 0 amide bonds. The SMILES string of the molecule is O=C(O)c1ccc(/C=C/C(c2ccc(Br)c(Br)c2)C(F)(F)F)cc1Br. The number of carbonyl (C=O) groups is 1. The normalized spacial score (nSPS) is 13.2. The van der Waals surface area contributed by atoms with E-state index in [1.54, 1.807) is 6.07 Å². The first kappa shape index (κ1) is 20.2. The lowest BCUT2D eigenvalue weighted by Crippen LogP contribution is -2.18. The molecule has 25 heavy (non-hydrogen) atoms. The van der Waals surface area contributed by atoms with Crippen molar-refractivity contribution in [3.05, 3.63) is 72.6 Å². The zero-order valence-electron chi connectivity index (χ0n) is 12.3. The quantitative estimate of drug-likeness (QED) is 0.450. The lowest BCUT2D eigenvalue weighted by atomic mass is 9.97. The maximum Gasteiger partial charge on any atom is 0.399 e. The van der Waals surface area contributed by atoms with Crippen LogP contribution in [0.15, 0.2) is 55.9 Å². The molecule has 0 saturated carbocycles. The van der Waals surface area contributed by atoms with Crippen molar-refractivity contribution in [2.45, 2.75) is 12.1 Å². The van der Waals surface area contributed by atoms with E-state index in [1.807, 2.05) is 0 Å². The average molecular weight is 543 g/mol. The van der Waals surface area contributed by atoms with Crippen molar-refractivity contribution in [1.29, 1.82) is 0 Å². The van der Waals surface area contributed by atoms with Gasteiger partial charge >= 0.3 is 12.1 Å². The molecule has 0 aliphatic carbocycles. The number of benzene rings is 2. The maximum absolute atomic E-state index is 13.4. The molecule has 0 spiro atoms. The van der Waals surface area contributed by atoms with Gasteiger partial charge in [0.15, 0.2) is 0 Å². The van der Waals surface area contributed by atoms with Crippen LogP contribution < -0.4 is 0 Å². The number of halogens is 6. The van der Waals surface area contributed by atoms with Crippen LogP contribution in [0.1, 0.15) is 27.4 Å². The van der Waals surface area contributed by atoms with Gasteiger partial charge in [-0.1, -0.05) is 24.3 Å². The van der Waals surface area contributed by atoms with Crippen LogP contribution >= 0.6 is 47.8 Å². The first-order valence-electron chi connectivity index (χ1n) is 6.82. The molecule has 0 aliphatic rings. The molecule has 0 aliphatic heterocycles. The van der Waals surface area contributed by atoms with Gasteiger partial charge in [-0.2, -0.15) is 13.2 Å². The Hall–Kier alpha value is -1.12. The van der Waals surface area contributed by atoms with Gasteiger partial charge in [0, 0.05) is 13.4 Å². The summed E-state index contributed by atoms with van der Waals surface area (Å²) in [7, 11) is 0. The van der Waals surface area contributed by atoms with Gasteiger partial charge in [-0.25, -0.2) is 4.79 Å². The van der Waals surface area contributed by atoms with Crippen LogP contribution in [0.3, 0.4) is 0 Å². The van der Waals surface area contributed by atoms with Gasteiger partial charge in [0.2, 0.25) is 0 Å². The molecule has 1 atom stereocenters. The highest BCUT2D eigenvalue weighted by atomic mass is 79.9. The van der Waals surface area contributed by atoms with Crippen molar-refractivity contribution in [1.82, 2.24) is 0 Å². The fraction of sp³-hybridized carbons (Fsp3) is 0.118. The van der Waals surface area contributed by atoms with Gasteiger partial charge in [0.05, 0.1) is 11.5 Å². The minimum atomic E-state index is -4.46. The van der Waals surface area contributed by atoms with E-state index in [2.05, 4.69) is 47.8 Å². The molecule has 8 heteroatoms. The van der Waals surface area contributed by atoms with Gasteiger partial charge in [-0.05, 0) is 83.2 Å². The van der Waals surface area contributed by atoms with Crippen LogP contribution in [-0.2, 0) is 0 Å². The fourth-order valence-corrected chi connectivity index (χ4v) is 3.34. The third kappa shape index (κ3) is 5.18. The number of carboxylic acids is 1. The number of hydrogen-bond acceptors (Lipinski definition) is 1. The second kappa shape index (κ2) is 8.05. The van der Waals surface area contributed by atoms with Gasteiger partial charge in [0.1, 0.15) is 0 Å². The predicted octanol–water partition coefficient (Wildman–Crippen LogP) is 7.03. The average Bonchev–Trinajstić information content (AvgIpc) is 2.49. The van der Waals surface area contributed by atoms with E-state index in [9.17, 15) is 18.0 Å². The van der Waals surface area contributed by atoms with Crippen molar-refractivity contribution in [3.63, 3.8) is 0 Å². The molecule has 0 radical (unpaired) electrons. The summed E-state index contributed by atoms with van der Waals surface area (Å²) in [6, 6.07) is 8.62. The zero-order chi connectivity index (χ0) is 18.8. The number of alkyl halides is 3. The first-order chi connectivity index (χ1) is 11.6. The summed E-state index contributed by atoms with van der Waals surface area (Å²) < 4.78 is 41.8. The predicted molar refractivity (Wildman–Crippen MR) is 101 cm³/mol. The second-order valence-corrected chi connectivity index (χ2v) is 7.66. The smallest absolute Gasteiger partial charge is 0.399 e. The standard InChI is InChI=1S/C17H10Br3F3O2/c18-13-6-3-10(8-15(13)20)12(17(21,22)23)5-2-9-1-4-11(16(24)25)14(19)7-9/h1-8,12H,(H,24,25)/b5-2+. The molecule has 1 unspecified atom stereocenters. The Morgan fingerprint density at radius 1 is 1.00 bits per heavy atom. The highest BCUT2D eigenvalue weighted by molar-refractivity contribution is 9.13. The molecule has 0 saturated heterocycles. The molecular formula is C17H10Br3F3O2. The van der Waals surface area contributed by atoms with E-state index in [0.717, 1.165) is 6.08 Å². The van der Waals surface area contributed by atoms with E-state index >= 15 is 0 Å². The lowest BCUT2D eigenvalue weighted by molar-refractivity contribution is -0.139. The summed E-state index contributed by atoms with van der Waals surface area (Å²) in [5, 5.41) is 8.97. The summed E-state index contributed by atoms with van der Waals surface area (Å²) >= 11 is 9.55. The van der Waals surface area contributed by atoms with Crippen molar-refractivity contribution in [3.8, 4) is 0 Å². The van der Waals surface area contributed by atoms with E-state index in [-0.39, 0.29) is 11.1 Å². The summed E-state index contributed by atoms with van der Waals surface area (Å²) in [6.45, 7) is 0. The number of hydrogen-bond donors (Lipinski definition) is 1. The first-order valence-corrected chi connectivity index (χ1v) is 9.20. The third-order valence-corrected chi connectivity index (χ3v) is 5.90. The fourth-order valence-electron chi connectivity index (χ4n) is 2.13. The Kier molecular flexibility index (Phi) is 6.51. The van der Waals surface area contributed by atoms with Crippen LogP contribution in [-0.4, -0.2) is 17.3 Å². The van der Waals surface area contributed by atoms with E-state index < -0.39 is 18.1 Å². The van der Waals surface area contributed by atoms with Gasteiger partial charge in [0.25, 0.3) is 0 Å². The Balaban J connectivity index is 2.37. The monoisotopic (exact) mass is 540 g/mol. The van der Waals surface area contributed by atoms with Crippen LogP contribution in [0.5, 0.6) is 0 Å². The second-order valence-electron chi connectivity index (χ2n) is 5.10. The molecule has 0 bridgehead atoms. The summed E-state index contributed by atoms with van der Waals surface area (Å²) in [6.07, 6.45) is -2.08. The minimum Gasteiger partial charge on any atom is -0.478 e. The lowest BCUT2D eigenvalue weighted by Gasteiger charge is -2.18. The van der Waals surface area contributed by atoms with Crippen molar-refractivity contribution < 1.29 is 23.1 Å². The zero-order valence-corrected chi connectivity index (χ0v) is 17.1. The van der Waals surface area contributed by atoms with Crippen LogP contribution in [0.4, 0.5) is 13.2 Å². The van der Waals surface area contributed by atoms with Crippen LogP contribution in [0.25, 0.3) is 6.08 Å². The van der Waals surface area contributed by atoms with Crippen LogP contribution in [0.2, 0.25) is 0 Å². The maximum atomic E-state index is 13.4. The Labute approximate surface area is 167 Å². The number of rotatable bonds is 4. The van der Waals surface area contributed by atoms with Crippen molar-refractivity contribution in [2.24, 2.45) is 0 Å². The van der Waals surface area contributed by atoms with Gasteiger partial charge in [-0.3, -0.25) is 0 Å². The molecular weight excluding hydrogens is 533 g/mol. The van der Waals surface area contributed by atoms with Gasteiger partial charge < -0.3 is 5.11 Å². The molecule has 2 nitrogen and oxygen atoms in total. The topological polar surface area (TPSA) is 37.3 Å². The Morgan fingerprint density at radius 2 is 1.68 bits per heavy atom. The third-order valence-electron chi connectivity index (χ3n) is 3.36.